The van der Waals surface area contributed by atoms with E-state index in [9.17, 15) is 18.6 Å². The highest BCUT2D eigenvalue weighted by Gasteiger charge is 2.44. The predicted molar refractivity (Wildman–Crippen MR) is 171 cm³/mol. The number of aliphatic hydroxyl groups is 2. The molecule has 2 aliphatic heterocycles. The zero-order valence-electron chi connectivity index (χ0n) is 25.6. The van der Waals surface area contributed by atoms with Crippen molar-refractivity contribution in [2.24, 2.45) is 5.92 Å². The van der Waals surface area contributed by atoms with Gasteiger partial charge in [-0.15, -0.1) is 0 Å². The largest absolute Gasteiger partial charge is 0.387 e. The number of hydrogen-bond donors (Lipinski definition) is 4. The van der Waals surface area contributed by atoms with Gasteiger partial charge in [0.1, 0.15) is 24.1 Å². The average molecular weight is 653 g/mol. The van der Waals surface area contributed by atoms with Crippen LogP contribution in [0.3, 0.4) is 0 Å². The molecule has 0 unspecified atom stereocenters. The first-order valence-electron chi connectivity index (χ1n) is 15.5. The fourth-order valence-corrected chi connectivity index (χ4v) is 7.49. The van der Waals surface area contributed by atoms with Gasteiger partial charge in [0.2, 0.25) is 10.0 Å². The Balaban J connectivity index is 1.31. The molecule has 6 rings (SSSR count). The Morgan fingerprint density at radius 2 is 1.67 bits per heavy atom. The molecule has 2 fully saturated rings. The molecule has 4 heterocycles. The van der Waals surface area contributed by atoms with E-state index in [1.807, 2.05) is 36.4 Å². The molecule has 0 aliphatic carbocycles. The Labute approximate surface area is 268 Å². The minimum Gasteiger partial charge on any atom is -0.387 e. The lowest BCUT2D eigenvalue weighted by atomic mass is 9.91. The van der Waals surface area contributed by atoms with Crippen molar-refractivity contribution in [1.82, 2.24) is 24.2 Å². The summed E-state index contributed by atoms with van der Waals surface area (Å²) in [5.41, 5.74) is 2.95. The molecule has 2 saturated heterocycles. The lowest BCUT2D eigenvalue weighted by molar-refractivity contribution is -0.0580. The highest BCUT2D eigenvalue weighted by atomic mass is 32.2. The van der Waals surface area contributed by atoms with Gasteiger partial charge in [-0.2, -0.15) is 0 Å². The van der Waals surface area contributed by atoms with Gasteiger partial charge >= 0.3 is 0 Å². The zero-order valence-corrected chi connectivity index (χ0v) is 26.4. The van der Waals surface area contributed by atoms with Gasteiger partial charge in [-0.05, 0) is 29.9 Å². The van der Waals surface area contributed by atoms with Gasteiger partial charge < -0.3 is 29.7 Å². The molecular formula is C32H40N6O7S. The summed E-state index contributed by atoms with van der Waals surface area (Å²) in [6, 6.07) is 20.2. The topological polar surface area (TPSA) is 170 Å². The van der Waals surface area contributed by atoms with E-state index in [2.05, 4.69) is 44.3 Å². The molecule has 2 aromatic heterocycles. The summed E-state index contributed by atoms with van der Waals surface area (Å²) >= 11 is 0. The van der Waals surface area contributed by atoms with Crippen molar-refractivity contribution in [3.63, 3.8) is 0 Å². The molecule has 46 heavy (non-hydrogen) atoms. The number of ether oxygens (including phenoxy) is 3. The molecule has 0 spiro atoms. The second kappa shape index (κ2) is 14.5. The van der Waals surface area contributed by atoms with E-state index in [-0.39, 0.29) is 36.6 Å². The van der Waals surface area contributed by atoms with Crippen LogP contribution in [0.15, 0.2) is 67.0 Å². The lowest BCUT2D eigenvalue weighted by Crippen LogP contribution is -2.33. The van der Waals surface area contributed by atoms with Crippen LogP contribution in [0, 0.1) is 5.92 Å². The van der Waals surface area contributed by atoms with Crippen LogP contribution in [0.1, 0.15) is 41.9 Å². The second-order valence-electron chi connectivity index (χ2n) is 11.7. The first kappa shape index (κ1) is 32.4. The summed E-state index contributed by atoms with van der Waals surface area (Å²) in [4.78, 5) is 13.9. The first-order chi connectivity index (χ1) is 22.3. The van der Waals surface area contributed by atoms with Crippen molar-refractivity contribution in [1.29, 1.82) is 0 Å². The third kappa shape index (κ3) is 7.39. The number of benzene rings is 2. The Kier molecular flexibility index (Phi) is 10.2. The maximum Gasteiger partial charge on any atom is 0.212 e. The van der Waals surface area contributed by atoms with Crippen LogP contribution in [0.2, 0.25) is 0 Å². The van der Waals surface area contributed by atoms with E-state index < -0.39 is 34.6 Å². The Bertz CT molecular complexity index is 1650. The van der Waals surface area contributed by atoms with Gasteiger partial charge in [0, 0.05) is 32.8 Å². The van der Waals surface area contributed by atoms with Gasteiger partial charge in [-0.1, -0.05) is 60.7 Å². The van der Waals surface area contributed by atoms with Crippen molar-refractivity contribution < 1.29 is 32.8 Å². The van der Waals surface area contributed by atoms with E-state index in [0.717, 1.165) is 11.1 Å². The predicted octanol–water partition coefficient (Wildman–Crippen LogP) is 2.18. The number of imidazole rings is 1. The number of fused-ring (bicyclic) bond motifs is 1. The van der Waals surface area contributed by atoms with Crippen molar-refractivity contribution >= 4 is 27.0 Å². The molecule has 2 aromatic carbocycles. The maximum atomic E-state index is 13.0. The second-order valence-corrected chi connectivity index (χ2v) is 13.6. The molecule has 14 heteroatoms. The smallest absolute Gasteiger partial charge is 0.212 e. The SMILES string of the molecule is COC[C@H]1O[C@@H](n2cnc3c(NCC(c4ccccc4)c4ccccc4)nc(CNS(=O)(=O)CC4CCOCC4)nc32)[C@@H](O)[C@@H]1O. The van der Waals surface area contributed by atoms with E-state index >= 15 is 0 Å². The number of aliphatic hydroxyl groups excluding tert-OH is 2. The molecular weight excluding hydrogens is 612 g/mol. The van der Waals surface area contributed by atoms with E-state index in [4.69, 9.17) is 19.2 Å². The Morgan fingerprint density at radius 3 is 2.33 bits per heavy atom. The van der Waals surface area contributed by atoms with Crippen LogP contribution in [-0.4, -0.2) is 95.7 Å². The molecule has 246 valence electrons. The normalized spacial score (nSPS) is 22.5. The summed E-state index contributed by atoms with van der Waals surface area (Å²) in [5, 5.41) is 24.9. The Hall–Kier alpha value is -3.50. The highest BCUT2D eigenvalue weighted by molar-refractivity contribution is 7.89. The number of hydrogen-bond acceptors (Lipinski definition) is 11. The van der Waals surface area contributed by atoms with Gasteiger partial charge in [0.05, 0.1) is 25.2 Å². The van der Waals surface area contributed by atoms with Gasteiger partial charge in [-0.3, -0.25) is 4.57 Å². The Morgan fingerprint density at radius 1 is 1.00 bits per heavy atom. The summed E-state index contributed by atoms with van der Waals surface area (Å²) in [6.07, 6.45) is -1.34. The number of methoxy groups -OCH3 is 1. The average Bonchev–Trinajstić information content (AvgIpc) is 3.61. The van der Waals surface area contributed by atoms with E-state index in [1.54, 1.807) is 0 Å². The molecule has 4 aromatic rings. The molecule has 4 N–H and O–H groups in total. The third-order valence-corrected chi connectivity index (χ3v) is 10.0. The van der Waals surface area contributed by atoms with Crippen LogP contribution in [0.4, 0.5) is 5.82 Å². The van der Waals surface area contributed by atoms with Crippen LogP contribution in [-0.2, 0) is 30.8 Å². The number of anilines is 1. The number of nitrogens with one attached hydrogen (secondary N) is 2. The highest BCUT2D eigenvalue weighted by Crippen LogP contribution is 2.33. The summed E-state index contributed by atoms with van der Waals surface area (Å²) in [5.74, 6) is 0.610. The van der Waals surface area contributed by atoms with Crippen LogP contribution in [0.5, 0.6) is 0 Å². The van der Waals surface area contributed by atoms with E-state index in [0.29, 0.717) is 49.6 Å². The fraction of sp³-hybridized carbons (Fsp3) is 0.469. The summed E-state index contributed by atoms with van der Waals surface area (Å²) in [6.45, 7) is 1.51. The number of rotatable bonds is 13. The van der Waals surface area contributed by atoms with Crippen LogP contribution < -0.4 is 10.0 Å². The number of nitrogens with zero attached hydrogens (tertiary/aromatic N) is 4. The third-order valence-electron chi connectivity index (χ3n) is 8.53. The zero-order chi connectivity index (χ0) is 32.1. The summed E-state index contributed by atoms with van der Waals surface area (Å²) < 4.78 is 46.7. The maximum absolute atomic E-state index is 13.0. The van der Waals surface area contributed by atoms with Gasteiger partial charge in [-0.25, -0.2) is 28.1 Å². The number of aromatic nitrogens is 4. The molecule has 13 nitrogen and oxygen atoms in total. The lowest BCUT2D eigenvalue weighted by Gasteiger charge is -2.22. The van der Waals surface area contributed by atoms with Crippen molar-refractivity contribution in [3.8, 4) is 0 Å². The fourth-order valence-electron chi connectivity index (χ4n) is 6.07. The van der Waals surface area contributed by atoms with E-state index in [1.165, 1.54) is 18.0 Å². The monoisotopic (exact) mass is 652 g/mol. The molecule has 4 atom stereocenters. The summed E-state index contributed by atoms with van der Waals surface area (Å²) in [7, 11) is -2.14. The molecule has 0 bridgehead atoms. The van der Waals surface area contributed by atoms with Crippen LogP contribution in [0.25, 0.3) is 11.2 Å². The minimum absolute atomic E-state index is 0.00163. The molecule has 0 amide bonds. The van der Waals surface area contributed by atoms with Crippen molar-refractivity contribution in [2.45, 2.75) is 49.8 Å². The molecule has 0 saturated carbocycles. The quantitative estimate of drug-likeness (QED) is 0.167. The molecule has 2 aliphatic rings. The standard InChI is InChI=1S/C32H40N6O7S/c1-43-18-25-28(39)29(40)32(45-25)38-20-34-27-30(33-16-24(22-8-4-2-5-9-22)23-10-6-3-7-11-23)36-26(37-31(27)38)17-35-46(41,42)19-21-12-14-44-15-13-21/h2-11,20-21,24-25,28-29,32,35,39-40H,12-19H2,1H3,(H,33,36,37)/t25-,28-,29+,32-/m1/s1. The minimum atomic E-state index is -3.63. The number of sulfonamides is 1. The van der Waals surface area contributed by atoms with Gasteiger partial charge in [0.15, 0.2) is 23.2 Å². The van der Waals surface area contributed by atoms with Crippen LogP contribution >= 0.6 is 0 Å². The molecule has 0 radical (unpaired) electrons. The van der Waals surface area contributed by atoms with Crippen molar-refractivity contribution in [2.75, 3.05) is 44.5 Å². The van der Waals surface area contributed by atoms with Gasteiger partial charge in [0.25, 0.3) is 0 Å². The van der Waals surface area contributed by atoms with Crippen molar-refractivity contribution in [3.05, 3.63) is 83.9 Å². The first-order valence-corrected chi connectivity index (χ1v) is 17.1.